The summed E-state index contributed by atoms with van der Waals surface area (Å²) in [5.74, 6) is -0.467. The van der Waals surface area contributed by atoms with Crippen LogP contribution in [0, 0.1) is 5.82 Å². The molecule has 1 aromatic rings. The third-order valence-electron chi connectivity index (χ3n) is 1.09. The lowest BCUT2D eigenvalue weighted by Crippen LogP contribution is -1.87. The first-order chi connectivity index (χ1) is 5.97. The molecule has 1 aromatic carbocycles. The van der Waals surface area contributed by atoms with Gasteiger partial charge >= 0.3 is 10.3 Å². The van der Waals surface area contributed by atoms with Gasteiger partial charge in [0.05, 0.1) is 5.69 Å². The number of nitrogens with zero attached hydrogens (tertiary/aromatic N) is 2. The van der Waals surface area contributed by atoms with Gasteiger partial charge in [0.25, 0.3) is 0 Å². The van der Waals surface area contributed by atoms with Crippen molar-refractivity contribution in [2.45, 2.75) is 0 Å². The molecule has 0 aliphatic heterocycles. The summed E-state index contributed by atoms with van der Waals surface area (Å²) in [7, 11) is -4.47. The summed E-state index contributed by atoms with van der Waals surface area (Å²) in [6.45, 7) is 0. The van der Waals surface area contributed by atoms with E-state index in [1.165, 1.54) is 12.1 Å². The average molecular weight is 204 g/mol. The van der Waals surface area contributed by atoms with Crippen molar-refractivity contribution in [3.05, 3.63) is 30.1 Å². The van der Waals surface area contributed by atoms with Crippen molar-refractivity contribution < 1.29 is 17.4 Å². The molecule has 0 saturated heterocycles. The van der Waals surface area contributed by atoms with Crippen LogP contribution < -0.4 is 0 Å². The Labute approximate surface area is 73.8 Å². The number of hydrogen-bond donors (Lipinski definition) is 1. The van der Waals surface area contributed by atoms with Gasteiger partial charge in [-0.3, -0.25) is 4.55 Å². The lowest BCUT2D eigenvalue weighted by atomic mass is 10.3. The van der Waals surface area contributed by atoms with E-state index in [0.717, 1.165) is 12.1 Å². The molecule has 13 heavy (non-hydrogen) atoms. The highest BCUT2D eigenvalue weighted by molar-refractivity contribution is 7.84. The van der Waals surface area contributed by atoms with Crippen LogP contribution in [-0.4, -0.2) is 13.0 Å². The van der Waals surface area contributed by atoms with Crippen LogP contribution in [0.2, 0.25) is 0 Å². The summed E-state index contributed by atoms with van der Waals surface area (Å²) in [6.07, 6.45) is 0. The molecule has 0 spiro atoms. The standard InChI is InChI=1S/C6H5FN2O3S/c7-5-1-3-6(4-2-5)8-9-13(10,11)12/h1-4H,(H,10,11,12). The van der Waals surface area contributed by atoms with Gasteiger partial charge in [-0.1, -0.05) is 0 Å². The first kappa shape index (κ1) is 9.75. The first-order valence-electron chi connectivity index (χ1n) is 3.13. The normalized spacial score (nSPS) is 12.2. The molecule has 0 aliphatic rings. The zero-order valence-electron chi connectivity index (χ0n) is 6.25. The van der Waals surface area contributed by atoms with Gasteiger partial charge in [-0.2, -0.15) is 8.42 Å². The molecule has 0 aliphatic carbocycles. The lowest BCUT2D eigenvalue weighted by molar-refractivity contribution is 0.482. The van der Waals surface area contributed by atoms with Crippen LogP contribution in [0.1, 0.15) is 0 Å². The van der Waals surface area contributed by atoms with Crippen molar-refractivity contribution in [3.63, 3.8) is 0 Å². The molecule has 1 rings (SSSR count). The second kappa shape index (κ2) is 3.58. The predicted octanol–water partition coefficient (Wildman–Crippen LogP) is 1.71. The van der Waals surface area contributed by atoms with Crippen molar-refractivity contribution >= 4 is 16.0 Å². The van der Waals surface area contributed by atoms with E-state index < -0.39 is 16.1 Å². The minimum Gasteiger partial charge on any atom is -0.267 e. The Morgan fingerprint density at radius 3 is 2.23 bits per heavy atom. The molecule has 7 heteroatoms. The zero-order valence-corrected chi connectivity index (χ0v) is 7.07. The predicted molar refractivity (Wildman–Crippen MR) is 42.5 cm³/mol. The van der Waals surface area contributed by atoms with Gasteiger partial charge in [0.15, 0.2) is 0 Å². The highest BCUT2D eigenvalue weighted by atomic mass is 32.2. The van der Waals surface area contributed by atoms with E-state index in [1.807, 2.05) is 0 Å². The lowest BCUT2D eigenvalue weighted by Gasteiger charge is -1.89. The van der Waals surface area contributed by atoms with E-state index in [1.54, 1.807) is 0 Å². The maximum absolute atomic E-state index is 12.3. The van der Waals surface area contributed by atoms with Crippen LogP contribution in [0.4, 0.5) is 10.1 Å². The molecular weight excluding hydrogens is 199 g/mol. The smallest absolute Gasteiger partial charge is 0.267 e. The van der Waals surface area contributed by atoms with Crippen molar-refractivity contribution in [2.24, 2.45) is 9.63 Å². The molecule has 70 valence electrons. The quantitative estimate of drug-likeness (QED) is 0.588. The van der Waals surface area contributed by atoms with E-state index >= 15 is 0 Å². The molecule has 0 fully saturated rings. The van der Waals surface area contributed by atoms with Crippen molar-refractivity contribution in [2.75, 3.05) is 0 Å². The second-order valence-corrected chi connectivity index (χ2v) is 3.16. The number of hydrogen-bond acceptors (Lipinski definition) is 3. The summed E-state index contributed by atoms with van der Waals surface area (Å²) in [6, 6.07) is 4.64. The van der Waals surface area contributed by atoms with Crippen molar-refractivity contribution in [1.82, 2.24) is 0 Å². The van der Waals surface area contributed by atoms with Crippen molar-refractivity contribution in [1.29, 1.82) is 0 Å². The van der Waals surface area contributed by atoms with Crippen LogP contribution in [0.25, 0.3) is 0 Å². The summed E-state index contributed by atoms with van der Waals surface area (Å²) < 4.78 is 43.3. The van der Waals surface area contributed by atoms with Crippen LogP contribution in [-0.2, 0) is 10.3 Å². The van der Waals surface area contributed by atoms with Crippen LogP contribution in [0.15, 0.2) is 33.9 Å². The van der Waals surface area contributed by atoms with E-state index in [-0.39, 0.29) is 5.69 Å². The topological polar surface area (TPSA) is 79.1 Å². The maximum Gasteiger partial charge on any atom is 0.396 e. The molecule has 0 radical (unpaired) electrons. The molecule has 0 unspecified atom stereocenters. The molecule has 1 N–H and O–H groups in total. The van der Waals surface area contributed by atoms with E-state index in [0.29, 0.717) is 0 Å². The fraction of sp³-hybridized carbons (Fsp3) is 0. The third-order valence-corrected chi connectivity index (χ3v) is 1.37. The molecule has 0 atom stereocenters. The monoisotopic (exact) mass is 204 g/mol. The number of halogens is 1. The summed E-state index contributed by atoms with van der Waals surface area (Å²) >= 11 is 0. The molecule has 0 aromatic heterocycles. The number of benzene rings is 1. The Kier molecular flexibility index (Phi) is 2.69. The molecule has 0 bridgehead atoms. The third kappa shape index (κ3) is 3.72. The fourth-order valence-corrected chi connectivity index (χ4v) is 0.804. The minimum absolute atomic E-state index is 0.138. The van der Waals surface area contributed by atoms with E-state index in [9.17, 15) is 12.8 Å². The van der Waals surface area contributed by atoms with Gasteiger partial charge in [0.2, 0.25) is 0 Å². The second-order valence-electron chi connectivity index (χ2n) is 2.11. The summed E-state index contributed by atoms with van der Waals surface area (Å²) in [5, 5.41) is 3.14. The first-order valence-corrected chi connectivity index (χ1v) is 4.53. The van der Waals surface area contributed by atoms with E-state index in [4.69, 9.17) is 4.55 Å². The van der Waals surface area contributed by atoms with Gasteiger partial charge in [-0.25, -0.2) is 4.39 Å². The Bertz CT molecular complexity index is 412. The SMILES string of the molecule is O=S(=O)(O)N=Nc1ccc(F)cc1. The highest BCUT2D eigenvalue weighted by Crippen LogP contribution is 2.12. The van der Waals surface area contributed by atoms with Crippen LogP contribution >= 0.6 is 0 Å². The van der Waals surface area contributed by atoms with Crippen molar-refractivity contribution in [3.8, 4) is 0 Å². The van der Waals surface area contributed by atoms with Gasteiger partial charge < -0.3 is 0 Å². The fourth-order valence-electron chi connectivity index (χ4n) is 0.606. The Hall–Kier alpha value is -1.34. The largest absolute Gasteiger partial charge is 0.396 e. The molecule has 0 amide bonds. The highest BCUT2D eigenvalue weighted by Gasteiger charge is 1.98. The molecular formula is C6H5FN2O3S. The van der Waals surface area contributed by atoms with Gasteiger partial charge in [-0.05, 0) is 28.8 Å². The molecule has 0 heterocycles. The Balaban J connectivity index is 2.88. The summed E-state index contributed by atoms with van der Waals surface area (Å²) in [5.41, 5.74) is 0.138. The minimum atomic E-state index is -4.47. The zero-order chi connectivity index (χ0) is 9.90. The van der Waals surface area contributed by atoms with Crippen LogP contribution in [0.3, 0.4) is 0 Å². The Morgan fingerprint density at radius 1 is 1.23 bits per heavy atom. The molecule has 5 nitrogen and oxygen atoms in total. The maximum atomic E-state index is 12.3. The number of rotatable bonds is 2. The average Bonchev–Trinajstić information content (AvgIpc) is 2.02. The molecule has 0 saturated carbocycles. The van der Waals surface area contributed by atoms with Crippen LogP contribution in [0.5, 0.6) is 0 Å². The Morgan fingerprint density at radius 2 is 1.77 bits per heavy atom. The van der Waals surface area contributed by atoms with E-state index in [2.05, 4.69) is 9.63 Å². The van der Waals surface area contributed by atoms with Gasteiger partial charge in [-0.15, -0.1) is 5.11 Å². The van der Waals surface area contributed by atoms with Gasteiger partial charge in [0, 0.05) is 0 Å². The summed E-state index contributed by atoms with van der Waals surface area (Å²) in [4.78, 5) is 0. The van der Waals surface area contributed by atoms with Gasteiger partial charge in [0.1, 0.15) is 5.82 Å².